The van der Waals surface area contributed by atoms with Crippen molar-refractivity contribution in [2.24, 2.45) is 5.73 Å². The highest BCUT2D eigenvalue weighted by Gasteiger charge is 2.12. The Labute approximate surface area is 150 Å². The molecule has 132 valence electrons. The number of carbonyl (C=O) groups excluding carboxylic acids is 2. The van der Waals surface area contributed by atoms with Crippen molar-refractivity contribution in [3.8, 4) is 5.69 Å². The van der Waals surface area contributed by atoms with Gasteiger partial charge in [-0.3, -0.25) is 4.79 Å². The van der Waals surface area contributed by atoms with Crippen LogP contribution in [0.3, 0.4) is 0 Å². The van der Waals surface area contributed by atoms with Crippen molar-refractivity contribution in [3.05, 3.63) is 72.3 Å². The number of nitrogens with zero attached hydrogens (tertiary/aromatic N) is 3. The molecule has 1 aromatic heterocycles. The third-order valence-electron chi connectivity index (χ3n) is 3.84. The van der Waals surface area contributed by atoms with Crippen molar-refractivity contribution in [1.82, 2.24) is 20.1 Å². The maximum absolute atomic E-state index is 12.4. The van der Waals surface area contributed by atoms with E-state index >= 15 is 0 Å². The number of primary amides is 1. The molecule has 2 aromatic carbocycles. The number of nitrogens with one attached hydrogen (secondary N) is 2. The van der Waals surface area contributed by atoms with Crippen LogP contribution in [-0.2, 0) is 0 Å². The fourth-order valence-corrected chi connectivity index (χ4v) is 2.47. The van der Waals surface area contributed by atoms with Crippen LogP contribution in [0.4, 0.5) is 10.5 Å². The number of benzene rings is 2. The molecule has 0 saturated carbocycles. The summed E-state index contributed by atoms with van der Waals surface area (Å²) in [5, 5.41) is 9.47. The Kier molecular flexibility index (Phi) is 4.93. The molecule has 0 aliphatic rings. The largest absolute Gasteiger partial charge is 0.351 e. The molecule has 8 heteroatoms. The molecule has 0 aliphatic heterocycles. The predicted octanol–water partition coefficient (Wildman–Crippen LogP) is 2.25. The molecule has 1 atom stereocenters. The molecule has 0 bridgehead atoms. The number of hydrogen-bond donors (Lipinski definition) is 3. The highest BCUT2D eigenvalue weighted by atomic mass is 16.2. The molecule has 8 nitrogen and oxygen atoms in total. The van der Waals surface area contributed by atoms with E-state index in [0.29, 0.717) is 11.3 Å². The van der Waals surface area contributed by atoms with E-state index in [9.17, 15) is 9.59 Å². The number of aromatic nitrogens is 3. The predicted molar refractivity (Wildman–Crippen MR) is 96.9 cm³/mol. The van der Waals surface area contributed by atoms with Gasteiger partial charge in [0.05, 0.1) is 11.7 Å². The summed E-state index contributed by atoms with van der Waals surface area (Å²) in [4.78, 5) is 27.1. The number of amides is 3. The van der Waals surface area contributed by atoms with E-state index in [-0.39, 0.29) is 11.9 Å². The summed E-state index contributed by atoms with van der Waals surface area (Å²) in [7, 11) is 0. The van der Waals surface area contributed by atoms with Crippen LogP contribution in [0.5, 0.6) is 0 Å². The summed E-state index contributed by atoms with van der Waals surface area (Å²) in [5.74, 6) is -0.205. The molecule has 3 rings (SSSR count). The van der Waals surface area contributed by atoms with Crippen LogP contribution in [0, 0.1) is 0 Å². The van der Waals surface area contributed by atoms with Gasteiger partial charge in [0.15, 0.2) is 0 Å². The molecule has 0 spiro atoms. The van der Waals surface area contributed by atoms with E-state index in [4.69, 9.17) is 5.73 Å². The Morgan fingerprint density at radius 3 is 2.35 bits per heavy atom. The second kappa shape index (κ2) is 7.47. The number of carbonyl (C=O) groups is 2. The molecule has 0 aliphatic carbocycles. The van der Waals surface area contributed by atoms with Gasteiger partial charge < -0.3 is 16.4 Å². The van der Waals surface area contributed by atoms with Crippen LogP contribution in [0.2, 0.25) is 0 Å². The lowest BCUT2D eigenvalue weighted by atomic mass is 10.1. The molecular formula is C18H18N6O2. The number of hydrogen-bond acceptors (Lipinski definition) is 4. The molecule has 26 heavy (non-hydrogen) atoms. The van der Waals surface area contributed by atoms with Gasteiger partial charge in [0.25, 0.3) is 5.91 Å². The third-order valence-corrected chi connectivity index (χ3v) is 3.84. The van der Waals surface area contributed by atoms with Crippen LogP contribution in [0.25, 0.3) is 5.69 Å². The lowest BCUT2D eigenvalue weighted by Gasteiger charge is -2.15. The summed E-state index contributed by atoms with van der Waals surface area (Å²) in [6.07, 6.45) is 3.10. The highest BCUT2D eigenvalue weighted by Crippen LogP contribution is 2.16. The molecular weight excluding hydrogens is 332 g/mol. The fourth-order valence-electron chi connectivity index (χ4n) is 2.47. The Balaban J connectivity index is 1.64. The standard InChI is InChI=1S/C18H18N6O2/c1-12(13-4-8-16(9-5-13)24-11-20-10-21-24)22-17(25)14-2-6-15(7-3-14)23-18(19)26/h2-12H,1H3,(H,22,25)(H3,19,23,26). The fraction of sp³-hybridized carbons (Fsp3) is 0.111. The number of urea groups is 1. The average Bonchev–Trinajstić information content (AvgIpc) is 3.16. The Morgan fingerprint density at radius 1 is 1.08 bits per heavy atom. The molecule has 1 unspecified atom stereocenters. The molecule has 0 radical (unpaired) electrons. The minimum Gasteiger partial charge on any atom is -0.351 e. The van der Waals surface area contributed by atoms with E-state index in [1.165, 1.54) is 6.33 Å². The first-order valence-electron chi connectivity index (χ1n) is 7.95. The van der Waals surface area contributed by atoms with Gasteiger partial charge in [-0.05, 0) is 48.9 Å². The molecule has 3 aromatic rings. The minimum atomic E-state index is -0.648. The van der Waals surface area contributed by atoms with Gasteiger partial charge in [0.1, 0.15) is 12.7 Å². The zero-order valence-corrected chi connectivity index (χ0v) is 14.1. The summed E-state index contributed by atoms with van der Waals surface area (Å²) >= 11 is 0. The maximum Gasteiger partial charge on any atom is 0.316 e. The van der Waals surface area contributed by atoms with Crippen LogP contribution in [0.1, 0.15) is 28.9 Å². The SMILES string of the molecule is CC(NC(=O)c1ccc(NC(N)=O)cc1)c1ccc(-n2cncn2)cc1. The van der Waals surface area contributed by atoms with Crippen molar-refractivity contribution in [3.63, 3.8) is 0 Å². The number of nitrogens with two attached hydrogens (primary N) is 1. The van der Waals surface area contributed by atoms with Gasteiger partial charge in [-0.25, -0.2) is 14.5 Å². The minimum absolute atomic E-state index is 0.171. The lowest BCUT2D eigenvalue weighted by molar-refractivity contribution is 0.0940. The van der Waals surface area contributed by atoms with Crippen molar-refractivity contribution >= 4 is 17.6 Å². The third kappa shape index (κ3) is 4.04. The molecule has 3 amide bonds. The van der Waals surface area contributed by atoms with Gasteiger partial charge in [-0.1, -0.05) is 12.1 Å². The first-order valence-corrected chi connectivity index (χ1v) is 7.95. The second-order valence-corrected chi connectivity index (χ2v) is 5.69. The Hall–Kier alpha value is -3.68. The van der Waals surface area contributed by atoms with Crippen molar-refractivity contribution in [2.45, 2.75) is 13.0 Å². The van der Waals surface area contributed by atoms with Gasteiger partial charge in [-0.15, -0.1) is 0 Å². The smallest absolute Gasteiger partial charge is 0.316 e. The molecule has 0 fully saturated rings. The lowest BCUT2D eigenvalue weighted by Crippen LogP contribution is -2.26. The van der Waals surface area contributed by atoms with Gasteiger partial charge >= 0.3 is 6.03 Å². The first kappa shape index (κ1) is 17.2. The molecule has 0 saturated heterocycles. The van der Waals surface area contributed by atoms with E-state index in [2.05, 4.69) is 20.7 Å². The van der Waals surface area contributed by atoms with Crippen LogP contribution in [0.15, 0.2) is 61.2 Å². The van der Waals surface area contributed by atoms with E-state index in [1.54, 1.807) is 35.3 Å². The summed E-state index contributed by atoms with van der Waals surface area (Å²) in [6.45, 7) is 1.91. The van der Waals surface area contributed by atoms with Crippen molar-refractivity contribution < 1.29 is 9.59 Å². The normalized spacial score (nSPS) is 11.6. The summed E-state index contributed by atoms with van der Waals surface area (Å²) in [5.41, 5.74) is 7.94. The van der Waals surface area contributed by atoms with Crippen molar-refractivity contribution in [2.75, 3.05) is 5.32 Å². The quantitative estimate of drug-likeness (QED) is 0.654. The van der Waals surface area contributed by atoms with E-state index in [0.717, 1.165) is 11.3 Å². The van der Waals surface area contributed by atoms with Gasteiger partial charge in [0.2, 0.25) is 0 Å². The van der Waals surface area contributed by atoms with Crippen LogP contribution >= 0.6 is 0 Å². The summed E-state index contributed by atoms with van der Waals surface area (Å²) < 4.78 is 1.66. The topological polar surface area (TPSA) is 115 Å². The first-order chi connectivity index (χ1) is 12.5. The summed E-state index contributed by atoms with van der Waals surface area (Å²) in [6, 6.07) is 13.4. The molecule has 4 N–H and O–H groups in total. The zero-order chi connectivity index (χ0) is 18.5. The van der Waals surface area contributed by atoms with E-state index in [1.807, 2.05) is 31.2 Å². The Morgan fingerprint density at radius 2 is 1.77 bits per heavy atom. The maximum atomic E-state index is 12.4. The highest BCUT2D eigenvalue weighted by molar-refractivity contribution is 5.95. The monoisotopic (exact) mass is 350 g/mol. The van der Waals surface area contributed by atoms with Crippen molar-refractivity contribution in [1.29, 1.82) is 0 Å². The average molecular weight is 350 g/mol. The second-order valence-electron chi connectivity index (χ2n) is 5.69. The zero-order valence-electron chi connectivity index (χ0n) is 14.1. The Bertz CT molecular complexity index is 888. The number of rotatable bonds is 5. The van der Waals surface area contributed by atoms with Gasteiger partial charge in [0, 0.05) is 11.3 Å². The van der Waals surface area contributed by atoms with E-state index < -0.39 is 6.03 Å². The molecule has 1 heterocycles. The van der Waals surface area contributed by atoms with Gasteiger partial charge in [-0.2, -0.15) is 5.10 Å². The number of anilines is 1. The van der Waals surface area contributed by atoms with Crippen LogP contribution < -0.4 is 16.4 Å². The van der Waals surface area contributed by atoms with Crippen LogP contribution in [-0.4, -0.2) is 26.7 Å².